The van der Waals surface area contributed by atoms with Crippen LogP contribution in [0.5, 0.6) is 0 Å². The number of carboxylic acids is 2. The SMILES string of the molecule is CC(C)(C)NC(=O)C(C)(C)c1cc(C(=O)O)cc(C(C)(C)C(=O)NC(C)(C)C)c1.O=S(=O)(O)O.[C-]#[N+]C(C)(C)c1cc(C(=O)O)cc(C(C)(C)[N+]#[C-])c1. The number of carboxylic acid groups (broad SMARTS) is 2. The summed E-state index contributed by atoms with van der Waals surface area (Å²) < 4.78 is 31.6. The van der Waals surface area contributed by atoms with Crippen molar-refractivity contribution >= 4 is 34.2 Å². The number of benzene rings is 2. The molecule has 2 aromatic rings. The van der Waals surface area contributed by atoms with Crippen LogP contribution >= 0.6 is 0 Å². The molecule has 292 valence electrons. The zero-order chi connectivity index (χ0) is 42.3. The highest BCUT2D eigenvalue weighted by molar-refractivity contribution is 7.79. The Morgan fingerprint density at radius 2 is 0.755 bits per heavy atom. The number of aromatic carboxylic acids is 2. The molecule has 0 aliphatic rings. The van der Waals surface area contributed by atoms with E-state index in [1.807, 2.05) is 41.5 Å². The molecule has 0 fully saturated rings. The summed E-state index contributed by atoms with van der Waals surface area (Å²) in [5, 5.41) is 24.7. The summed E-state index contributed by atoms with van der Waals surface area (Å²) in [6, 6.07) is 9.53. The lowest BCUT2D eigenvalue weighted by molar-refractivity contribution is -0.127. The summed E-state index contributed by atoms with van der Waals surface area (Å²) in [4.78, 5) is 55.8. The maximum absolute atomic E-state index is 12.9. The zero-order valence-electron chi connectivity index (χ0n) is 33.0. The monoisotopic (exact) mass is 758 g/mol. The van der Waals surface area contributed by atoms with E-state index in [1.54, 1.807) is 67.5 Å². The Balaban J connectivity index is 0.000000962. The van der Waals surface area contributed by atoms with Crippen LogP contribution in [0.25, 0.3) is 9.69 Å². The molecule has 0 spiro atoms. The van der Waals surface area contributed by atoms with Gasteiger partial charge in [0, 0.05) is 49.9 Å². The molecule has 0 aliphatic heterocycles. The third-order valence-corrected chi connectivity index (χ3v) is 7.89. The number of hydrogen-bond donors (Lipinski definition) is 6. The first kappa shape index (κ1) is 48.2. The van der Waals surface area contributed by atoms with E-state index >= 15 is 0 Å². The molecule has 0 saturated carbocycles. The van der Waals surface area contributed by atoms with E-state index in [2.05, 4.69) is 20.3 Å². The van der Waals surface area contributed by atoms with Crippen LogP contribution in [0.15, 0.2) is 36.4 Å². The third-order valence-electron chi connectivity index (χ3n) is 7.89. The topological polar surface area (TPSA) is 216 Å². The van der Waals surface area contributed by atoms with Crippen molar-refractivity contribution in [2.75, 3.05) is 0 Å². The van der Waals surface area contributed by atoms with Gasteiger partial charge in [-0.15, -0.1) is 0 Å². The van der Waals surface area contributed by atoms with Crippen molar-refractivity contribution in [3.05, 3.63) is 92.6 Å². The minimum Gasteiger partial charge on any atom is -0.478 e. The van der Waals surface area contributed by atoms with Gasteiger partial charge >= 0.3 is 22.3 Å². The molecule has 0 bridgehead atoms. The minimum atomic E-state index is -4.67. The second-order valence-corrected chi connectivity index (χ2v) is 17.6. The molecular weight excluding hydrogens is 705 g/mol. The normalized spacial score (nSPS) is 12.3. The van der Waals surface area contributed by atoms with Gasteiger partial charge in [-0.3, -0.25) is 18.7 Å². The van der Waals surface area contributed by atoms with Crippen LogP contribution < -0.4 is 10.6 Å². The highest BCUT2D eigenvalue weighted by Crippen LogP contribution is 2.34. The maximum Gasteiger partial charge on any atom is 0.394 e. The lowest BCUT2D eigenvalue weighted by atomic mass is 9.76. The molecule has 0 aliphatic carbocycles. The van der Waals surface area contributed by atoms with Crippen LogP contribution in [-0.4, -0.2) is 62.6 Å². The molecule has 53 heavy (non-hydrogen) atoms. The number of nitrogens with one attached hydrogen (secondary N) is 2. The largest absolute Gasteiger partial charge is 0.478 e. The van der Waals surface area contributed by atoms with Crippen molar-refractivity contribution in [1.82, 2.24) is 10.6 Å². The average molecular weight is 759 g/mol. The Kier molecular flexibility index (Phi) is 15.3. The first-order valence-electron chi connectivity index (χ1n) is 16.3. The Morgan fingerprint density at radius 1 is 0.528 bits per heavy atom. The second kappa shape index (κ2) is 16.9. The Morgan fingerprint density at radius 3 is 0.962 bits per heavy atom. The van der Waals surface area contributed by atoms with Crippen LogP contribution in [0.4, 0.5) is 0 Å². The van der Waals surface area contributed by atoms with Gasteiger partial charge in [0.15, 0.2) is 0 Å². The van der Waals surface area contributed by atoms with Gasteiger partial charge in [0.05, 0.1) is 22.0 Å². The van der Waals surface area contributed by atoms with E-state index in [0.717, 1.165) is 0 Å². The van der Waals surface area contributed by atoms with E-state index < -0.39 is 55.3 Å². The quantitative estimate of drug-likeness (QED) is 0.122. The molecule has 6 N–H and O–H groups in total. The fourth-order valence-corrected chi connectivity index (χ4v) is 4.32. The van der Waals surface area contributed by atoms with Gasteiger partial charge in [-0.2, -0.15) is 8.42 Å². The second-order valence-electron chi connectivity index (χ2n) is 16.7. The van der Waals surface area contributed by atoms with Gasteiger partial charge in [0.1, 0.15) is 0 Å². The number of carbonyl (C=O) groups excluding carboxylic acids is 2. The van der Waals surface area contributed by atoms with Crippen molar-refractivity contribution in [2.45, 2.75) is 130 Å². The summed E-state index contributed by atoms with van der Waals surface area (Å²) in [7, 11) is -4.67. The Labute approximate surface area is 313 Å². The van der Waals surface area contributed by atoms with Crippen LogP contribution in [0, 0.1) is 13.1 Å². The molecule has 0 radical (unpaired) electrons. The first-order chi connectivity index (χ1) is 23.4. The van der Waals surface area contributed by atoms with Crippen LogP contribution in [-0.2, 0) is 41.9 Å². The number of hydrogen-bond acceptors (Lipinski definition) is 6. The molecule has 15 heteroatoms. The van der Waals surface area contributed by atoms with Crippen LogP contribution in [0.1, 0.15) is 140 Å². The smallest absolute Gasteiger partial charge is 0.394 e. The number of carbonyl (C=O) groups is 4. The minimum absolute atomic E-state index is 0.0470. The number of rotatable bonds is 8. The molecule has 0 unspecified atom stereocenters. The van der Waals surface area contributed by atoms with E-state index in [-0.39, 0.29) is 22.9 Å². The molecule has 0 saturated heterocycles. The average Bonchev–Trinajstić information content (AvgIpc) is 2.98. The maximum atomic E-state index is 12.9. The lowest BCUT2D eigenvalue weighted by Crippen LogP contribution is -2.50. The van der Waals surface area contributed by atoms with Crippen LogP contribution in [0.2, 0.25) is 0 Å². The standard InChI is InChI=1S/C23H36N2O4.C15H16N2O2.H2O4S/c1-20(2,3)24-18(28)22(7,8)15-11-14(17(26)27)12-16(13-15)23(9,10)19(29)25-21(4,5)6;1-14(2,16-5)11-7-10(13(18)19)8-12(9-11)15(3,4)17-6;1-5(2,3)4/h11-13H,1-10H3,(H,24,28)(H,25,29)(H,26,27);7-9H,1-4H3,(H,18,19);(H2,1,2,3,4). The summed E-state index contributed by atoms with van der Waals surface area (Å²) in [6.45, 7) is 39.7. The van der Waals surface area contributed by atoms with Gasteiger partial charge in [0.25, 0.3) is 11.1 Å². The van der Waals surface area contributed by atoms with Crippen molar-refractivity contribution in [3.63, 3.8) is 0 Å². The summed E-state index contributed by atoms with van der Waals surface area (Å²) in [6.07, 6.45) is 0. The number of amides is 2. The van der Waals surface area contributed by atoms with Gasteiger partial charge in [-0.25, -0.2) is 22.7 Å². The van der Waals surface area contributed by atoms with Crippen molar-refractivity contribution in [2.24, 2.45) is 0 Å². The molecule has 2 amide bonds. The summed E-state index contributed by atoms with van der Waals surface area (Å²) in [5.74, 6) is -2.58. The van der Waals surface area contributed by atoms with E-state index in [0.29, 0.717) is 22.3 Å². The van der Waals surface area contributed by atoms with Gasteiger partial charge in [-0.05, 0) is 111 Å². The van der Waals surface area contributed by atoms with Crippen molar-refractivity contribution < 1.29 is 46.9 Å². The zero-order valence-corrected chi connectivity index (χ0v) is 33.8. The van der Waals surface area contributed by atoms with Gasteiger partial charge in [-0.1, -0.05) is 6.07 Å². The Bertz CT molecular complexity index is 1790. The summed E-state index contributed by atoms with van der Waals surface area (Å²) in [5.41, 5.74) is -1.93. The third kappa shape index (κ3) is 15.4. The molecule has 14 nitrogen and oxygen atoms in total. The fourth-order valence-electron chi connectivity index (χ4n) is 4.32. The van der Waals surface area contributed by atoms with Gasteiger partial charge in [0.2, 0.25) is 11.8 Å². The molecule has 2 rings (SSSR count). The molecule has 0 aromatic heterocycles. The Hall–Kier alpha value is -4.83. The van der Waals surface area contributed by atoms with Crippen molar-refractivity contribution in [1.29, 1.82) is 0 Å². The fraction of sp³-hybridized carbons (Fsp3) is 0.526. The molecule has 0 heterocycles. The van der Waals surface area contributed by atoms with Crippen LogP contribution in [0.3, 0.4) is 0 Å². The lowest BCUT2D eigenvalue weighted by Gasteiger charge is -2.33. The van der Waals surface area contributed by atoms with Gasteiger partial charge < -0.3 is 30.5 Å². The van der Waals surface area contributed by atoms with Crippen molar-refractivity contribution in [3.8, 4) is 0 Å². The predicted molar refractivity (Wildman–Crippen MR) is 202 cm³/mol. The van der Waals surface area contributed by atoms with E-state index in [4.69, 9.17) is 35.8 Å². The van der Waals surface area contributed by atoms with E-state index in [1.165, 1.54) is 24.3 Å². The number of nitrogens with zero attached hydrogens (tertiary/aromatic N) is 2. The molecular formula is C38H54N4O10S. The molecule has 0 atom stereocenters. The summed E-state index contributed by atoms with van der Waals surface area (Å²) >= 11 is 0. The highest BCUT2D eigenvalue weighted by atomic mass is 32.3. The highest BCUT2D eigenvalue weighted by Gasteiger charge is 2.37. The predicted octanol–water partition coefficient (Wildman–Crippen LogP) is 6.81. The molecule has 2 aromatic carbocycles. The first-order valence-corrected chi connectivity index (χ1v) is 17.7. The van der Waals surface area contributed by atoms with E-state index in [9.17, 15) is 24.3 Å².